The number of carbonyl (C=O) groups is 2. The summed E-state index contributed by atoms with van der Waals surface area (Å²) in [4.78, 5) is 21.7. The van der Waals surface area contributed by atoms with Gasteiger partial charge in [-0.05, 0) is 29.0 Å². The molecule has 0 aromatic heterocycles. The summed E-state index contributed by atoms with van der Waals surface area (Å²) >= 11 is 0. The molecule has 0 fully saturated rings. The summed E-state index contributed by atoms with van der Waals surface area (Å²) < 4.78 is 0. The van der Waals surface area contributed by atoms with Crippen molar-refractivity contribution >= 4 is 60.8 Å². The van der Waals surface area contributed by atoms with E-state index >= 15 is 0 Å². The summed E-state index contributed by atoms with van der Waals surface area (Å²) in [6.45, 7) is 7.76. The number of aryl methyl sites for hydroxylation is 1. The molecule has 0 unspecified atom stereocenters. The Bertz CT molecular complexity index is 475. The van der Waals surface area contributed by atoms with E-state index in [0.717, 1.165) is 5.56 Å². The smallest absolute Gasteiger partial charge is 0.549 e. The second kappa shape index (κ2) is 6.95. The van der Waals surface area contributed by atoms with Crippen molar-refractivity contribution in [3.05, 3.63) is 34.9 Å². The number of carbonyl (C=O) groups excluding carboxylic acids is 2. The van der Waals surface area contributed by atoms with Gasteiger partial charge >= 0.3 is 48.9 Å². The zero-order chi connectivity index (χ0) is 14.1. The molecule has 1 rings (SSSR count). The summed E-state index contributed by atoms with van der Waals surface area (Å²) in [5.74, 6) is -5.03. The Morgan fingerprint density at radius 1 is 1.11 bits per heavy atom. The molecule has 19 heavy (non-hydrogen) atoms. The predicted molar refractivity (Wildman–Crippen MR) is 68.4 cm³/mol. The van der Waals surface area contributed by atoms with Crippen LogP contribution < -0.4 is 10.2 Å². The fourth-order valence-electron chi connectivity index (χ4n) is 1.82. The minimum Gasteiger partial charge on any atom is -0.549 e. The maximum absolute atomic E-state index is 10.8. The van der Waals surface area contributed by atoms with E-state index in [1.165, 1.54) is 6.07 Å². The molecule has 0 aliphatic heterocycles. The first-order valence-corrected chi connectivity index (χ1v) is 5.67. The van der Waals surface area contributed by atoms with E-state index in [0.29, 0.717) is 5.56 Å². The molecule has 0 saturated heterocycles. The van der Waals surface area contributed by atoms with Gasteiger partial charge in [0.2, 0.25) is 0 Å². The minimum atomic E-state index is -1.72. The monoisotopic (exact) mass is 386 g/mol. The minimum absolute atomic E-state index is 0. The molecule has 0 amide bonds. The van der Waals surface area contributed by atoms with Crippen molar-refractivity contribution in [3.8, 4) is 0 Å². The van der Waals surface area contributed by atoms with Crippen LogP contribution in [0.5, 0.6) is 0 Å². The van der Waals surface area contributed by atoms with Gasteiger partial charge in [-0.15, -0.1) is 0 Å². The summed E-state index contributed by atoms with van der Waals surface area (Å²) in [6.07, 6.45) is 0. The average Bonchev–Trinajstić information content (AvgIpc) is 2.18. The Kier molecular flexibility index (Phi) is 6.85. The molecule has 0 saturated carbocycles. The molecule has 1 aromatic carbocycles. The van der Waals surface area contributed by atoms with E-state index in [2.05, 4.69) is 0 Å². The van der Waals surface area contributed by atoms with Gasteiger partial charge in [0.25, 0.3) is 0 Å². The SMILES string of the molecule is Cc1cc(C(C)(C)C)ccc1C(C(=O)[O-])C(=O)[O-].[Ba+2]. The molecule has 0 atom stereocenters. The molecule has 1 aromatic rings. The first-order valence-electron chi connectivity index (χ1n) is 5.67. The van der Waals surface area contributed by atoms with Gasteiger partial charge < -0.3 is 19.8 Å². The van der Waals surface area contributed by atoms with Gasteiger partial charge in [-0.1, -0.05) is 39.0 Å². The standard InChI is InChI=1S/C14H18O4.Ba/c1-8-7-9(14(2,3)4)5-6-10(8)11(12(15)16)13(17)18;/h5-7,11H,1-4H3,(H,15,16)(H,17,18);/q;+2/p-2. The Morgan fingerprint density at radius 3 is 1.89 bits per heavy atom. The van der Waals surface area contributed by atoms with Crippen molar-refractivity contribution in [2.24, 2.45) is 0 Å². The summed E-state index contributed by atoms with van der Waals surface area (Å²) in [7, 11) is 0. The maximum atomic E-state index is 10.8. The van der Waals surface area contributed by atoms with E-state index in [4.69, 9.17) is 0 Å². The zero-order valence-electron chi connectivity index (χ0n) is 11.6. The van der Waals surface area contributed by atoms with E-state index in [1.54, 1.807) is 19.1 Å². The number of aliphatic carboxylic acids is 2. The number of benzene rings is 1. The quantitative estimate of drug-likeness (QED) is 0.519. The molecule has 5 heteroatoms. The van der Waals surface area contributed by atoms with E-state index in [1.807, 2.05) is 20.8 Å². The van der Waals surface area contributed by atoms with E-state index in [9.17, 15) is 19.8 Å². The third-order valence-corrected chi connectivity index (χ3v) is 2.92. The molecule has 98 valence electrons. The van der Waals surface area contributed by atoms with Crippen LogP contribution in [0, 0.1) is 6.92 Å². The summed E-state index contributed by atoms with van der Waals surface area (Å²) in [5.41, 5.74) is 1.75. The van der Waals surface area contributed by atoms with Gasteiger partial charge in [-0.3, -0.25) is 0 Å². The average molecular weight is 386 g/mol. The third-order valence-electron chi connectivity index (χ3n) is 2.92. The number of rotatable bonds is 3. The van der Waals surface area contributed by atoms with Gasteiger partial charge in [0.15, 0.2) is 0 Å². The Hall–Kier alpha value is -0.269. The Labute approximate surface area is 153 Å². The topological polar surface area (TPSA) is 80.3 Å². The van der Waals surface area contributed by atoms with Crippen molar-refractivity contribution in [3.63, 3.8) is 0 Å². The van der Waals surface area contributed by atoms with Crippen molar-refractivity contribution < 1.29 is 19.8 Å². The van der Waals surface area contributed by atoms with Crippen molar-refractivity contribution in [2.45, 2.75) is 39.0 Å². The molecular formula is C14H16BaO4. The van der Waals surface area contributed by atoms with Crippen LogP contribution in [0.2, 0.25) is 0 Å². The molecule has 0 aliphatic carbocycles. The summed E-state index contributed by atoms with van der Waals surface area (Å²) in [6, 6.07) is 5.06. The van der Waals surface area contributed by atoms with Crippen LogP contribution in [0.4, 0.5) is 0 Å². The molecule has 0 bridgehead atoms. The normalized spacial score (nSPS) is 11.0. The van der Waals surface area contributed by atoms with Gasteiger partial charge in [-0.25, -0.2) is 0 Å². The zero-order valence-corrected chi connectivity index (χ0v) is 16.1. The van der Waals surface area contributed by atoms with Crippen LogP contribution >= 0.6 is 0 Å². The van der Waals surface area contributed by atoms with Crippen molar-refractivity contribution in [1.82, 2.24) is 0 Å². The molecule has 0 aliphatic rings. The van der Waals surface area contributed by atoms with E-state index in [-0.39, 0.29) is 59.9 Å². The summed E-state index contributed by atoms with van der Waals surface area (Å²) in [5, 5.41) is 21.7. The maximum Gasteiger partial charge on any atom is 2.00 e. The van der Waals surface area contributed by atoms with Crippen LogP contribution in [-0.2, 0) is 15.0 Å². The fraction of sp³-hybridized carbons (Fsp3) is 0.429. The third kappa shape index (κ3) is 4.65. The molecule has 0 heterocycles. The van der Waals surface area contributed by atoms with Crippen LogP contribution in [-0.4, -0.2) is 60.8 Å². The number of carboxylic acids is 2. The first-order chi connectivity index (χ1) is 8.14. The second-order valence-electron chi connectivity index (χ2n) is 5.39. The van der Waals surface area contributed by atoms with Crippen LogP contribution in [0.15, 0.2) is 18.2 Å². The van der Waals surface area contributed by atoms with Crippen molar-refractivity contribution in [2.75, 3.05) is 0 Å². The molecular weight excluding hydrogens is 369 g/mol. The second-order valence-corrected chi connectivity index (χ2v) is 5.39. The number of hydrogen-bond acceptors (Lipinski definition) is 4. The van der Waals surface area contributed by atoms with Gasteiger partial charge in [0, 0.05) is 0 Å². The van der Waals surface area contributed by atoms with Crippen molar-refractivity contribution in [1.29, 1.82) is 0 Å². The number of hydrogen-bond donors (Lipinski definition) is 0. The molecule has 0 radical (unpaired) electrons. The van der Waals surface area contributed by atoms with E-state index < -0.39 is 17.9 Å². The first kappa shape index (κ1) is 18.7. The molecule has 0 spiro atoms. The van der Waals surface area contributed by atoms with Crippen LogP contribution in [0.1, 0.15) is 43.4 Å². The van der Waals surface area contributed by atoms with Gasteiger partial charge in [0.1, 0.15) is 0 Å². The predicted octanol–water partition coefficient (Wildman–Crippen LogP) is -0.505. The van der Waals surface area contributed by atoms with Crippen LogP contribution in [0.3, 0.4) is 0 Å². The Morgan fingerprint density at radius 2 is 1.58 bits per heavy atom. The van der Waals surface area contributed by atoms with Gasteiger partial charge in [-0.2, -0.15) is 0 Å². The largest absolute Gasteiger partial charge is 2.00 e. The number of carboxylic acid groups (broad SMARTS) is 2. The van der Waals surface area contributed by atoms with Crippen LogP contribution in [0.25, 0.3) is 0 Å². The molecule has 0 N–H and O–H groups in total. The molecule has 4 nitrogen and oxygen atoms in total. The Balaban J connectivity index is 0.00000324. The fourth-order valence-corrected chi connectivity index (χ4v) is 1.82. The van der Waals surface area contributed by atoms with Gasteiger partial charge in [0.05, 0.1) is 17.9 Å².